The van der Waals surface area contributed by atoms with Crippen molar-refractivity contribution in [2.75, 3.05) is 0 Å². The minimum Gasteiger partial charge on any atom is -0.401 e. The van der Waals surface area contributed by atoms with E-state index in [1.165, 1.54) is 16.0 Å². The van der Waals surface area contributed by atoms with E-state index in [4.69, 9.17) is 4.18 Å². The zero-order valence-electron chi connectivity index (χ0n) is 11.4. The maximum atomic E-state index is 6.01. The molecule has 0 radical (unpaired) electrons. The predicted molar refractivity (Wildman–Crippen MR) is 93.4 cm³/mol. The summed E-state index contributed by atoms with van der Waals surface area (Å²) in [6.45, 7) is 2.08. The van der Waals surface area contributed by atoms with Gasteiger partial charge in [0.2, 0.25) is 5.90 Å². The van der Waals surface area contributed by atoms with Crippen molar-refractivity contribution in [1.82, 2.24) is 0 Å². The number of benzene rings is 2. The highest BCUT2D eigenvalue weighted by Gasteiger charge is 2.26. The molecule has 0 fully saturated rings. The first-order valence-corrected chi connectivity index (χ1v) is 9.19. The predicted octanol–water partition coefficient (Wildman–Crippen LogP) is 4.79. The van der Waals surface area contributed by atoms with Crippen LogP contribution in [-0.4, -0.2) is 10.9 Å². The Balaban J connectivity index is 1.60. The van der Waals surface area contributed by atoms with Gasteiger partial charge >= 0.3 is 0 Å². The molecular formula is C17H13NOS2. The van der Waals surface area contributed by atoms with Crippen LogP contribution >= 0.6 is 20.6 Å². The normalized spacial score (nSPS) is 19.9. The van der Waals surface area contributed by atoms with Gasteiger partial charge in [-0.1, -0.05) is 48.0 Å². The molecule has 0 saturated heterocycles. The van der Waals surface area contributed by atoms with E-state index in [-0.39, 0.29) is 9.80 Å². The lowest BCUT2D eigenvalue weighted by Crippen LogP contribution is -1.99. The van der Waals surface area contributed by atoms with Crippen molar-refractivity contribution in [3.05, 3.63) is 77.4 Å². The van der Waals surface area contributed by atoms with E-state index in [1.807, 2.05) is 6.07 Å². The third-order valence-electron chi connectivity index (χ3n) is 3.31. The van der Waals surface area contributed by atoms with Crippen LogP contribution in [0, 0.1) is 6.92 Å². The fourth-order valence-corrected chi connectivity index (χ4v) is 5.38. The van der Waals surface area contributed by atoms with Crippen LogP contribution in [-0.2, 0) is 4.18 Å². The van der Waals surface area contributed by atoms with Crippen LogP contribution in [0.4, 0.5) is 0 Å². The molecule has 4 rings (SSSR count). The van der Waals surface area contributed by atoms with Gasteiger partial charge in [-0.25, -0.2) is 4.99 Å². The monoisotopic (exact) mass is 311 g/mol. The first-order valence-electron chi connectivity index (χ1n) is 6.70. The van der Waals surface area contributed by atoms with E-state index in [1.54, 1.807) is 10.8 Å². The lowest BCUT2D eigenvalue weighted by atomic mass is 10.1. The Kier molecular flexibility index (Phi) is 3.20. The molecule has 1 unspecified atom stereocenters. The molecule has 2 heterocycles. The molecular weight excluding hydrogens is 298 g/mol. The maximum absolute atomic E-state index is 6.01. The largest absolute Gasteiger partial charge is 0.401 e. The summed E-state index contributed by atoms with van der Waals surface area (Å²) in [5.74, 6) is 0.740. The third kappa shape index (κ3) is 2.45. The average Bonchev–Trinajstić information content (AvgIpc) is 3.07. The summed E-state index contributed by atoms with van der Waals surface area (Å²) in [4.78, 5) is 6.93. The van der Waals surface area contributed by atoms with Crippen molar-refractivity contribution in [1.29, 1.82) is 0 Å². The van der Waals surface area contributed by atoms with Gasteiger partial charge in [0, 0.05) is 10.5 Å². The minimum atomic E-state index is -0.297. The lowest BCUT2D eigenvalue weighted by Gasteiger charge is -2.07. The van der Waals surface area contributed by atoms with E-state index in [0.717, 1.165) is 16.4 Å². The second-order valence-electron chi connectivity index (χ2n) is 4.90. The molecule has 2 aliphatic heterocycles. The van der Waals surface area contributed by atoms with Gasteiger partial charge in [0.15, 0.2) is 0 Å². The zero-order valence-corrected chi connectivity index (χ0v) is 13.1. The smallest absolute Gasteiger partial charge is 0.236 e. The molecule has 4 heteroatoms. The topological polar surface area (TPSA) is 21.6 Å². The second-order valence-corrected chi connectivity index (χ2v) is 7.97. The van der Waals surface area contributed by atoms with Gasteiger partial charge in [0.05, 0.1) is 9.80 Å². The molecule has 21 heavy (non-hydrogen) atoms. The Morgan fingerprint density at radius 1 is 0.952 bits per heavy atom. The highest BCUT2D eigenvalue weighted by atomic mass is 33.1. The highest BCUT2D eigenvalue weighted by Crippen LogP contribution is 2.52. The van der Waals surface area contributed by atoms with Gasteiger partial charge in [0.25, 0.3) is 0 Å². The van der Waals surface area contributed by atoms with Crippen molar-refractivity contribution in [2.24, 2.45) is 4.99 Å². The van der Waals surface area contributed by atoms with Crippen molar-refractivity contribution in [2.45, 2.75) is 6.92 Å². The van der Waals surface area contributed by atoms with Crippen molar-refractivity contribution in [3.63, 3.8) is 0 Å². The Hall–Kier alpha value is -1.78. The SMILES string of the molecule is Cc1ccc(C2=NC3=S(O2)SC(c2ccccc2)=C3)cc1. The van der Waals surface area contributed by atoms with Crippen molar-refractivity contribution >= 4 is 36.4 Å². The van der Waals surface area contributed by atoms with Gasteiger partial charge < -0.3 is 4.18 Å². The molecule has 0 saturated carbocycles. The van der Waals surface area contributed by atoms with Crippen LogP contribution in [0.25, 0.3) is 4.91 Å². The summed E-state index contributed by atoms with van der Waals surface area (Å²) in [5.41, 5.74) is 3.52. The summed E-state index contributed by atoms with van der Waals surface area (Å²) in [7, 11) is 1.45. The van der Waals surface area contributed by atoms with Gasteiger partial charge in [0.1, 0.15) is 4.99 Å². The minimum absolute atomic E-state index is 0.297. The van der Waals surface area contributed by atoms with Gasteiger partial charge in [-0.2, -0.15) is 0 Å². The Bertz CT molecular complexity index is 789. The van der Waals surface area contributed by atoms with E-state index < -0.39 is 0 Å². The van der Waals surface area contributed by atoms with Crippen LogP contribution in [0.3, 0.4) is 0 Å². The summed E-state index contributed by atoms with van der Waals surface area (Å²) in [6, 6.07) is 18.7. The molecule has 0 amide bonds. The molecule has 0 spiro atoms. The molecule has 0 aromatic heterocycles. The third-order valence-corrected chi connectivity index (χ3v) is 6.57. The molecule has 2 aromatic carbocycles. The van der Waals surface area contributed by atoms with Gasteiger partial charge in [-0.15, -0.1) is 0 Å². The molecule has 104 valence electrons. The van der Waals surface area contributed by atoms with E-state index >= 15 is 0 Å². The van der Waals surface area contributed by atoms with Crippen LogP contribution in [0.2, 0.25) is 0 Å². The fourth-order valence-electron chi connectivity index (χ4n) is 2.17. The maximum Gasteiger partial charge on any atom is 0.236 e. The molecule has 2 aliphatic rings. The number of aliphatic imine (C=N–C) groups is 1. The fraction of sp³-hybridized carbons (Fsp3) is 0.0588. The lowest BCUT2D eigenvalue weighted by molar-refractivity contribution is 0.662. The Labute approximate surface area is 130 Å². The van der Waals surface area contributed by atoms with Crippen LogP contribution in [0.1, 0.15) is 16.7 Å². The van der Waals surface area contributed by atoms with Crippen LogP contribution in [0.5, 0.6) is 0 Å². The summed E-state index contributed by atoms with van der Waals surface area (Å²) in [6.07, 6.45) is 2.14. The van der Waals surface area contributed by atoms with E-state index in [9.17, 15) is 0 Å². The first kappa shape index (κ1) is 12.9. The number of hydrogen-bond acceptors (Lipinski definition) is 3. The Morgan fingerprint density at radius 3 is 2.43 bits per heavy atom. The number of nitrogens with zero attached hydrogens (tertiary/aromatic N) is 1. The van der Waals surface area contributed by atoms with E-state index in [0.29, 0.717) is 0 Å². The second kappa shape index (κ2) is 5.20. The van der Waals surface area contributed by atoms with Crippen molar-refractivity contribution < 1.29 is 4.18 Å². The molecule has 0 N–H and O–H groups in total. The van der Waals surface area contributed by atoms with Crippen LogP contribution in [0.15, 0.2) is 65.7 Å². The van der Waals surface area contributed by atoms with Gasteiger partial charge in [-0.05, 0) is 41.5 Å². The standard InChI is InChI=1S/C17H13NOS2/c1-12-7-9-14(10-8-12)17-18-16-11-15(20-21(16)19-17)13-5-3-2-4-6-13/h2-11H,1H3. The molecule has 0 aliphatic carbocycles. The quantitative estimate of drug-likeness (QED) is 0.587. The highest BCUT2D eigenvalue weighted by molar-refractivity contribution is 8.86. The Morgan fingerprint density at radius 2 is 1.71 bits per heavy atom. The number of hydrogen-bond donors (Lipinski definition) is 0. The molecule has 1 atom stereocenters. The number of rotatable bonds is 2. The first-order chi connectivity index (χ1) is 10.3. The van der Waals surface area contributed by atoms with Crippen molar-refractivity contribution in [3.8, 4) is 0 Å². The van der Waals surface area contributed by atoms with Gasteiger partial charge in [-0.3, -0.25) is 0 Å². The zero-order chi connectivity index (χ0) is 14.2. The molecule has 0 bridgehead atoms. The number of aryl methyl sites for hydroxylation is 1. The summed E-state index contributed by atoms with van der Waals surface area (Å²) < 4.78 is 6.01. The summed E-state index contributed by atoms with van der Waals surface area (Å²) >= 11 is 0. The molecule has 2 aromatic rings. The average molecular weight is 311 g/mol. The molecule has 2 nitrogen and oxygen atoms in total. The summed E-state index contributed by atoms with van der Waals surface area (Å²) in [5, 5.41) is 0. The van der Waals surface area contributed by atoms with Crippen LogP contribution < -0.4 is 0 Å². The van der Waals surface area contributed by atoms with E-state index in [2.05, 4.69) is 66.5 Å².